The third-order valence-corrected chi connectivity index (χ3v) is 5.31. The molecular formula is C16H23FN2O4S. The first kappa shape index (κ1) is 18.8. The van der Waals surface area contributed by atoms with Crippen molar-refractivity contribution in [3.63, 3.8) is 0 Å². The van der Waals surface area contributed by atoms with E-state index in [0.29, 0.717) is 24.6 Å². The molecule has 1 fully saturated rings. The van der Waals surface area contributed by atoms with Crippen molar-refractivity contribution in [2.75, 3.05) is 26.2 Å². The Morgan fingerprint density at radius 3 is 2.79 bits per heavy atom. The number of aryl methyl sites for hydroxylation is 1. The van der Waals surface area contributed by atoms with E-state index in [4.69, 9.17) is 4.74 Å². The zero-order valence-electron chi connectivity index (χ0n) is 14.1. The fourth-order valence-corrected chi connectivity index (χ4v) is 3.89. The van der Waals surface area contributed by atoms with E-state index in [9.17, 15) is 17.6 Å². The number of benzene rings is 1. The van der Waals surface area contributed by atoms with Crippen molar-refractivity contribution in [1.29, 1.82) is 0 Å². The summed E-state index contributed by atoms with van der Waals surface area (Å²) in [5, 5.41) is 0. The third-order valence-electron chi connectivity index (χ3n) is 3.75. The zero-order valence-corrected chi connectivity index (χ0v) is 14.9. The van der Waals surface area contributed by atoms with Crippen LogP contribution in [-0.2, 0) is 19.6 Å². The summed E-state index contributed by atoms with van der Waals surface area (Å²) in [5.41, 5.74) is 0.463. The van der Waals surface area contributed by atoms with E-state index < -0.39 is 21.9 Å². The van der Waals surface area contributed by atoms with Crippen LogP contribution in [0, 0.1) is 18.7 Å². The Morgan fingerprint density at radius 2 is 2.12 bits per heavy atom. The highest BCUT2D eigenvalue weighted by Gasteiger charge is 2.28. The van der Waals surface area contributed by atoms with Crippen LogP contribution >= 0.6 is 0 Å². The number of hydrogen-bond donors (Lipinski definition) is 1. The molecule has 1 aromatic carbocycles. The van der Waals surface area contributed by atoms with Gasteiger partial charge < -0.3 is 9.64 Å². The number of halogens is 1. The number of sulfonamides is 1. The van der Waals surface area contributed by atoms with Crippen molar-refractivity contribution < 1.29 is 22.3 Å². The molecule has 0 aromatic heterocycles. The molecule has 1 atom stereocenters. The first-order chi connectivity index (χ1) is 11.2. The lowest BCUT2D eigenvalue weighted by Gasteiger charge is -2.33. The lowest BCUT2D eigenvalue weighted by atomic mass is 10.2. The summed E-state index contributed by atoms with van der Waals surface area (Å²) in [5.74, 6) is -0.383. The summed E-state index contributed by atoms with van der Waals surface area (Å²) in [6.07, 6.45) is -0.426. The average molecular weight is 358 g/mol. The van der Waals surface area contributed by atoms with Gasteiger partial charge in [-0.3, -0.25) is 4.79 Å². The van der Waals surface area contributed by atoms with Gasteiger partial charge in [0.1, 0.15) is 12.4 Å². The lowest BCUT2D eigenvalue weighted by Crippen LogP contribution is -2.51. The molecule has 1 N–H and O–H groups in total. The summed E-state index contributed by atoms with van der Waals surface area (Å²) in [7, 11) is -3.84. The van der Waals surface area contributed by atoms with Crippen LogP contribution in [0.2, 0.25) is 0 Å². The molecule has 1 amide bonds. The van der Waals surface area contributed by atoms with Crippen LogP contribution in [0.4, 0.5) is 4.39 Å². The average Bonchev–Trinajstić information content (AvgIpc) is 2.50. The molecule has 0 spiro atoms. The van der Waals surface area contributed by atoms with E-state index in [1.807, 2.05) is 13.8 Å². The van der Waals surface area contributed by atoms with Crippen LogP contribution in [0.5, 0.6) is 0 Å². The highest BCUT2D eigenvalue weighted by molar-refractivity contribution is 7.89. The topological polar surface area (TPSA) is 75.7 Å². The Bertz CT molecular complexity index is 706. The Morgan fingerprint density at radius 1 is 1.42 bits per heavy atom. The van der Waals surface area contributed by atoms with Gasteiger partial charge in [-0.25, -0.2) is 17.5 Å². The van der Waals surface area contributed by atoms with Crippen molar-refractivity contribution in [3.05, 3.63) is 29.6 Å². The third kappa shape index (κ3) is 4.75. The van der Waals surface area contributed by atoms with Gasteiger partial charge >= 0.3 is 0 Å². The van der Waals surface area contributed by atoms with Crippen LogP contribution in [0.3, 0.4) is 0 Å². The molecular weight excluding hydrogens is 335 g/mol. The molecule has 1 aliphatic heterocycles. The molecule has 0 aliphatic carbocycles. The van der Waals surface area contributed by atoms with Gasteiger partial charge in [-0.2, -0.15) is 0 Å². The molecule has 1 heterocycles. The normalized spacial score (nSPS) is 19.1. The summed E-state index contributed by atoms with van der Waals surface area (Å²) < 4.78 is 45.9. The number of morpholine rings is 1. The van der Waals surface area contributed by atoms with Gasteiger partial charge in [0.25, 0.3) is 0 Å². The highest BCUT2D eigenvalue weighted by Crippen LogP contribution is 2.17. The largest absolute Gasteiger partial charge is 0.365 e. The van der Waals surface area contributed by atoms with Gasteiger partial charge in [0.15, 0.2) is 0 Å². The minimum Gasteiger partial charge on any atom is -0.365 e. The molecule has 0 bridgehead atoms. The molecule has 24 heavy (non-hydrogen) atoms. The summed E-state index contributed by atoms with van der Waals surface area (Å²) in [6.45, 7) is 6.53. The van der Waals surface area contributed by atoms with Gasteiger partial charge in [-0.15, -0.1) is 0 Å². The second kappa shape index (κ2) is 7.58. The van der Waals surface area contributed by atoms with Crippen molar-refractivity contribution in [3.8, 4) is 0 Å². The number of rotatable bonds is 6. The number of nitrogens with zero attached hydrogens (tertiary/aromatic N) is 1. The van der Waals surface area contributed by atoms with Gasteiger partial charge in [0.05, 0.1) is 11.0 Å². The number of carbonyl (C=O) groups excluding carboxylic acids is 1. The van der Waals surface area contributed by atoms with E-state index in [-0.39, 0.29) is 24.0 Å². The van der Waals surface area contributed by atoms with E-state index in [1.165, 1.54) is 12.1 Å². The van der Waals surface area contributed by atoms with E-state index >= 15 is 0 Å². The Hall–Kier alpha value is -1.51. The zero-order chi connectivity index (χ0) is 17.9. The van der Waals surface area contributed by atoms with Crippen molar-refractivity contribution >= 4 is 15.9 Å². The predicted molar refractivity (Wildman–Crippen MR) is 87.5 cm³/mol. The molecule has 0 saturated carbocycles. The van der Waals surface area contributed by atoms with Crippen LogP contribution in [0.1, 0.15) is 19.4 Å². The molecule has 8 heteroatoms. The summed E-state index contributed by atoms with van der Waals surface area (Å²) in [6, 6.07) is 3.63. The van der Waals surface area contributed by atoms with Gasteiger partial charge in [0, 0.05) is 19.6 Å². The minimum atomic E-state index is -3.84. The van der Waals surface area contributed by atoms with Crippen LogP contribution < -0.4 is 4.72 Å². The predicted octanol–water partition coefficient (Wildman–Crippen LogP) is 1.30. The fraction of sp³-hybridized carbons (Fsp3) is 0.562. The number of ether oxygens (including phenoxy) is 1. The van der Waals surface area contributed by atoms with Crippen LogP contribution in [0.25, 0.3) is 0 Å². The molecule has 0 radical (unpaired) electrons. The van der Waals surface area contributed by atoms with Gasteiger partial charge in [-0.05, 0) is 30.5 Å². The maximum Gasteiger partial charge on any atom is 0.248 e. The highest BCUT2D eigenvalue weighted by atomic mass is 32.2. The second-order valence-electron chi connectivity index (χ2n) is 6.39. The van der Waals surface area contributed by atoms with E-state index in [1.54, 1.807) is 11.8 Å². The van der Waals surface area contributed by atoms with Crippen LogP contribution in [0.15, 0.2) is 23.1 Å². The molecule has 6 nitrogen and oxygen atoms in total. The van der Waals surface area contributed by atoms with Gasteiger partial charge in [0.2, 0.25) is 15.9 Å². The van der Waals surface area contributed by atoms with E-state index in [0.717, 1.165) is 6.07 Å². The Balaban J connectivity index is 2.01. The minimum absolute atomic E-state index is 0.0279. The maximum atomic E-state index is 13.3. The molecule has 1 unspecified atom stereocenters. The standard InChI is InChI=1S/C16H23FN2O4S/c1-11(2)8-19-9-14(23-10-16(19)20)7-18-24(21,22)15-6-13(17)5-4-12(15)3/h4-6,11,14,18H,7-10H2,1-3H3. The Kier molecular flexibility index (Phi) is 5.95. The Labute approximate surface area is 142 Å². The van der Waals surface area contributed by atoms with E-state index in [2.05, 4.69) is 4.72 Å². The maximum absolute atomic E-state index is 13.3. The molecule has 1 aromatic rings. The molecule has 134 valence electrons. The first-order valence-electron chi connectivity index (χ1n) is 7.84. The number of amides is 1. The fourth-order valence-electron chi connectivity index (χ4n) is 2.57. The quantitative estimate of drug-likeness (QED) is 0.832. The second-order valence-corrected chi connectivity index (χ2v) is 8.12. The number of carbonyl (C=O) groups is 1. The molecule has 2 rings (SSSR count). The van der Waals surface area contributed by atoms with Gasteiger partial charge in [-0.1, -0.05) is 19.9 Å². The molecule has 1 saturated heterocycles. The van der Waals surface area contributed by atoms with Crippen molar-refractivity contribution in [2.45, 2.75) is 31.8 Å². The lowest BCUT2D eigenvalue weighted by molar-refractivity contribution is -0.149. The summed E-state index contributed by atoms with van der Waals surface area (Å²) >= 11 is 0. The van der Waals surface area contributed by atoms with Crippen LogP contribution in [-0.4, -0.2) is 51.6 Å². The number of nitrogens with one attached hydrogen (secondary N) is 1. The SMILES string of the molecule is Cc1ccc(F)cc1S(=O)(=O)NCC1CN(CC(C)C)C(=O)CO1. The monoisotopic (exact) mass is 358 g/mol. The van der Waals surface area contributed by atoms with Crippen molar-refractivity contribution in [1.82, 2.24) is 9.62 Å². The number of hydrogen-bond acceptors (Lipinski definition) is 4. The van der Waals surface area contributed by atoms with Crippen molar-refractivity contribution in [2.24, 2.45) is 5.92 Å². The molecule has 1 aliphatic rings. The summed E-state index contributed by atoms with van der Waals surface area (Å²) in [4.78, 5) is 13.4. The first-order valence-corrected chi connectivity index (χ1v) is 9.32. The smallest absolute Gasteiger partial charge is 0.248 e.